The largest absolute Gasteiger partial charge is 0.615 e. The molecule has 0 aliphatic carbocycles. The molecule has 2 aliphatic heterocycles. The van der Waals surface area contributed by atoms with Gasteiger partial charge in [0.15, 0.2) is 6.23 Å². The van der Waals surface area contributed by atoms with E-state index >= 15 is 0 Å². The first-order valence-corrected chi connectivity index (χ1v) is 14.0. The van der Waals surface area contributed by atoms with Gasteiger partial charge in [0.05, 0.1) is 24.9 Å². The minimum atomic E-state index is -3.44. The van der Waals surface area contributed by atoms with E-state index in [0.717, 1.165) is 0 Å². The van der Waals surface area contributed by atoms with Crippen molar-refractivity contribution in [3.8, 4) is 0 Å². The molecule has 14 nitrogen and oxygen atoms in total. The molecule has 198 valence electrons. The monoisotopic (exact) mass is 536 g/mol. The summed E-state index contributed by atoms with van der Waals surface area (Å²) in [7, 11) is 1.31. The molecule has 3 heterocycles. The van der Waals surface area contributed by atoms with E-state index in [0.29, 0.717) is 19.6 Å². The topological polar surface area (TPSA) is 154 Å². The van der Waals surface area contributed by atoms with E-state index < -0.39 is 40.0 Å². The van der Waals surface area contributed by atoms with E-state index in [9.17, 15) is 13.9 Å². The number of morpholine rings is 2. The van der Waals surface area contributed by atoms with Crippen molar-refractivity contribution in [2.75, 3.05) is 73.3 Å². The maximum atomic E-state index is 14.0. The second-order valence-electron chi connectivity index (χ2n) is 8.87. The summed E-state index contributed by atoms with van der Waals surface area (Å²) in [5.74, 6) is 0.138. The van der Waals surface area contributed by atoms with Crippen LogP contribution in [0, 0.1) is 0 Å². The van der Waals surface area contributed by atoms with Crippen molar-refractivity contribution < 1.29 is 27.7 Å². The Balaban J connectivity index is 1.64. The number of ether oxygens (including phenoxy) is 2. The van der Waals surface area contributed by atoms with Crippen LogP contribution in [-0.4, -0.2) is 109 Å². The molecule has 16 heteroatoms. The highest BCUT2D eigenvalue weighted by molar-refractivity contribution is 7.53. The van der Waals surface area contributed by atoms with Crippen LogP contribution in [0.2, 0.25) is 0 Å². The molecule has 1 aromatic rings. The number of hydrogen-bond acceptors (Lipinski definition) is 10. The highest BCUT2D eigenvalue weighted by Gasteiger charge is 2.42. The predicted molar refractivity (Wildman–Crippen MR) is 130 cm³/mol. The molecule has 3 N–H and O–H groups in total. The molecule has 2 fully saturated rings. The van der Waals surface area contributed by atoms with Gasteiger partial charge in [-0.2, -0.15) is 4.98 Å². The van der Waals surface area contributed by atoms with Crippen LogP contribution in [0.1, 0.15) is 13.2 Å². The van der Waals surface area contributed by atoms with Gasteiger partial charge in [0, 0.05) is 46.5 Å². The summed E-state index contributed by atoms with van der Waals surface area (Å²) in [5, 5.41) is 3.21. The molecule has 1 aromatic heterocycles. The molecule has 0 amide bonds. The summed E-state index contributed by atoms with van der Waals surface area (Å²) < 4.78 is 55.5. The smallest absolute Gasteiger partial charge is 0.383 e. The van der Waals surface area contributed by atoms with Gasteiger partial charge in [0.2, 0.25) is 0 Å². The van der Waals surface area contributed by atoms with Gasteiger partial charge in [-0.15, -0.1) is 4.52 Å². The van der Waals surface area contributed by atoms with Crippen molar-refractivity contribution in [1.82, 2.24) is 28.9 Å². The minimum Gasteiger partial charge on any atom is -0.383 e. The van der Waals surface area contributed by atoms with Crippen LogP contribution in [-0.2, 0) is 27.7 Å². The van der Waals surface area contributed by atoms with E-state index in [1.54, 1.807) is 37.5 Å². The highest BCUT2D eigenvalue weighted by atomic mass is 31.2. The molecule has 2 aliphatic rings. The third kappa shape index (κ3) is 7.36. The van der Waals surface area contributed by atoms with Crippen LogP contribution in [0.25, 0.3) is 0 Å². The van der Waals surface area contributed by atoms with Gasteiger partial charge >= 0.3 is 21.5 Å². The lowest BCUT2D eigenvalue weighted by Crippen LogP contribution is -2.49. The normalized spacial score (nSPS) is 28.3. The first-order valence-electron chi connectivity index (χ1n) is 11.3. The van der Waals surface area contributed by atoms with Crippen molar-refractivity contribution in [1.29, 1.82) is 0 Å². The number of hydrogen-bond donors (Lipinski definition) is 2. The Labute approximate surface area is 206 Å². The van der Waals surface area contributed by atoms with Crippen molar-refractivity contribution in [2.24, 2.45) is 0 Å². The van der Waals surface area contributed by atoms with Gasteiger partial charge in [-0.05, 0) is 31.7 Å². The number of rotatable bonds is 10. The quantitative estimate of drug-likeness (QED) is 0.395. The van der Waals surface area contributed by atoms with E-state index in [1.807, 2.05) is 6.92 Å². The molecular formula is C19H36N7O7P2+. The van der Waals surface area contributed by atoms with Crippen molar-refractivity contribution >= 4 is 21.7 Å². The third-order valence-electron chi connectivity index (χ3n) is 5.50. The molecular weight excluding hydrogens is 500 g/mol. The predicted octanol–water partition coefficient (Wildman–Crippen LogP) is 0.324. The van der Waals surface area contributed by atoms with Crippen molar-refractivity contribution in [3.05, 3.63) is 22.7 Å². The lowest BCUT2D eigenvalue weighted by Gasteiger charge is -2.42. The van der Waals surface area contributed by atoms with Gasteiger partial charge in [0.1, 0.15) is 12.4 Å². The van der Waals surface area contributed by atoms with Crippen molar-refractivity contribution in [2.45, 2.75) is 31.5 Å². The Morgan fingerprint density at radius 2 is 1.97 bits per heavy atom. The zero-order chi connectivity index (χ0) is 25.8. The zero-order valence-electron chi connectivity index (χ0n) is 20.8. The number of aromatic nitrogens is 2. The van der Waals surface area contributed by atoms with E-state index in [2.05, 4.69) is 10.3 Å². The van der Waals surface area contributed by atoms with Crippen LogP contribution in [0.5, 0.6) is 0 Å². The molecule has 2 saturated heterocycles. The van der Waals surface area contributed by atoms with Crippen LogP contribution < -0.4 is 16.7 Å². The maximum Gasteiger partial charge on any atom is 0.615 e. The van der Waals surface area contributed by atoms with Crippen molar-refractivity contribution in [3.63, 3.8) is 0 Å². The molecule has 0 bridgehead atoms. The van der Waals surface area contributed by atoms with Crippen LogP contribution in [0.15, 0.2) is 17.1 Å². The fourth-order valence-corrected chi connectivity index (χ4v) is 6.42. The summed E-state index contributed by atoms with van der Waals surface area (Å²) in [5.41, 5.74) is 5.06. The summed E-state index contributed by atoms with van der Waals surface area (Å²) in [6, 6.07) is 1.53. The number of nitrogens with two attached hydrogens (primary N) is 1. The van der Waals surface area contributed by atoms with E-state index in [1.165, 1.54) is 21.5 Å². The molecule has 0 spiro atoms. The van der Waals surface area contributed by atoms with E-state index in [4.69, 9.17) is 24.3 Å². The Morgan fingerprint density at radius 3 is 2.63 bits per heavy atom. The number of nitrogen functional groups attached to an aromatic ring is 1. The van der Waals surface area contributed by atoms with Gasteiger partial charge in [-0.25, -0.2) is 14.1 Å². The summed E-state index contributed by atoms with van der Waals surface area (Å²) in [6.07, 6.45) is -0.162. The lowest BCUT2D eigenvalue weighted by molar-refractivity contribution is -0.0980. The van der Waals surface area contributed by atoms with Gasteiger partial charge in [-0.3, -0.25) is 9.13 Å². The van der Waals surface area contributed by atoms with Crippen LogP contribution >= 0.6 is 15.8 Å². The average molecular weight is 536 g/mol. The average Bonchev–Trinajstić information content (AvgIpc) is 2.80. The maximum absolute atomic E-state index is 14.0. The third-order valence-corrected chi connectivity index (χ3v) is 9.06. The van der Waals surface area contributed by atoms with Crippen LogP contribution in [0.3, 0.4) is 0 Å². The Kier molecular flexibility index (Phi) is 9.92. The van der Waals surface area contributed by atoms with Gasteiger partial charge in [0.25, 0.3) is 0 Å². The number of anilines is 1. The minimum absolute atomic E-state index is 0.0372. The first kappa shape index (κ1) is 28.3. The summed E-state index contributed by atoms with van der Waals surface area (Å²) in [6.45, 7) is 3.57. The molecule has 2 unspecified atom stereocenters. The molecule has 35 heavy (non-hydrogen) atoms. The summed E-state index contributed by atoms with van der Waals surface area (Å²) >= 11 is 0. The molecule has 6 atom stereocenters. The molecule has 3 rings (SSSR count). The SMILES string of the molecule is C[C@H]1CN(P(=O)(OC[C@@H]2CNC[C@H](n3ccc(N)nc3=O)O2)N(C)C)C[C@@H](CO[P+](=O)N(C)C)O1. The number of nitrogens with one attached hydrogen (secondary N) is 1. The first-order chi connectivity index (χ1) is 16.5. The fraction of sp³-hybridized carbons (Fsp3) is 0.789. The van der Waals surface area contributed by atoms with Gasteiger partial charge < -0.3 is 25.0 Å². The summed E-state index contributed by atoms with van der Waals surface area (Å²) in [4.78, 5) is 15.9. The Morgan fingerprint density at radius 1 is 1.23 bits per heavy atom. The molecule has 0 aromatic carbocycles. The number of nitrogens with zero attached hydrogens (tertiary/aromatic N) is 5. The van der Waals surface area contributed by atoms with Crippen LogP contribution in [0.4, 0.5) is 5.82 Å². The van der Waals surface area contributed by atoms with E-state index in [-0.39, 0.29) is 31.7 Å². The molecule has 0 radical (unpaired) electrons. The Bertz CT molecular complexity index is 979. The second kappa shape index (κ2) is 12.3. The molecule has 0 saturated carbocycles. The standard InChI is InChI=1S/C19H35N7O7P2/c1-14-10-25(11-16(32-14)12-30-34(28)23(2)3)35(29,24(4)5)31-13-15-8-21-9-18(33-15)26-7-6-17(20)22-19(26)27/h6-7,14-16,18,21H,8-13H2,1-5H3,(H-,20,22,27)/p+1/t14-,15-,16-,18+,35?/m0/s1. The lowest BCUT2D eigenvalue weighted by atomic mass is 10.2. The fourth-order valence-electron chi connectivity index (χ4n) is 3.81. The zero-order valence-corrected chi connectivity index (χ0v) is 22.6. The van der Waals surface area contributed by atoms with Gasteiger partial charge in [-0.1, -0.05) is 4.67 Å². The Hall–Kier alpha value is -1.31. The highest BCUT2D eigenvalue weighted by Crippen LogP contribution is 2.53. The second-order valence-corrected chi connectivity index (χ2v) is 13.0.